The zero-order valence-corrected chi connectivity index (χ0v) is 9.42. The molecule has 2 N–H and O–H groups in total. The Kier molecular flexibility index (Phi) is 2.75. The summed E-state index contributed by atoms with van der Waals surface area (Å²) >= 11 is 3.21. The predicted molar refractivity (Wildman–Crippen MR) is 54.5 cm³/mol. The third kappa shape index (κ3) is 3.59. The SMILES string of the molecule is CC(C)(C)Oc1nc(N)cc(Br)n1. The normalized spacial score (nSPS) is 11.4. The third-order valence-electron chi connectivity index (χ3n) is 1.09. The van der Waals surface area contributed by atoms with Crippen LogP contribution >= 0.6 is 15.9 Å². The minimum Gasteiger partial charge on any atom is -0.458 e. The Morgan fingerprint density at radius 1 is 1.38 bits per heavy atom. The first-order valence-corrected chi connectivity index (χ1v) is 4.65. The lowest BCUT2D eigenvalue weighted by Crippen LogP contribution is -2.24. The van der Waals surface area contributed by atoms with Gasteiger partial charge in [0.2, 0.25) is 0 Å². The fourth-order valence-corrected chi connectivity index (χ4v) is 1.12. The quantitative estimate of drug-likeness (QED) is 0.770. The van der Waals surface area contributed by atoms with Gasteiger partial charge in [0.15, 0.2) is 0 Å². The van der Waals surface area contributed by atoms with E-state index in [0.29, 0.717) is 16.4 Å². The number of rotatable bonds is 1. The van der Waals surface area contributed by atoms with Gasteiger partial charge in [-0.25, -0.2) is 0 Å². The van der Waals surface area contributed by atoms with Gasteiger partial charge >= 0.3 is 6.01 Å². The predicted octanol–water partition coefficient (Wildman–Crippen LogP) is 2.00. The average molecular weight is 246 g/mol. The Bertz CT molecular complexity index is 288. The maximum absolute atomic E-state index is 5.52. The van der Waals surface area contributed by atoms with E-state index < -0.39 is 0 Å². The number of aromatic nitrogens is 2. The molecule has 1 rings (SSSR count). The lowest BCUT2D eigenvalue weighted by atomic mass is 10.2. The summed E-state index contributed by atoms with van der Waals surface area (Å²) in [4.78, 5) is 7.96. The molecule has 0 amide bonds. The number of nitrogens with zero attached hydrogens (tertiary/aromatic N) is 2. The molecule has 0 aromatic carbocycles. The van der Waals surface area contributed by atoms with Crippen LogP contribution in [-0.2, 0) is 0 Å². The molecule has 0 saturated heterocycles. The van der Waals surface area contributed by atoms with Crippen LogP contribution in [0.2, 0.25) is 0 Å². The van der Waals surface area contributed by atoms with Crippen molar-refractivity contribution >= 4 is 21.7 Å². The molecule has 0 unspecified atom stereocenters. The van der Waals surface area contributed by atoms with Gasteiger partial charge in [0.25, 0.3) is 0 Å². The van der Waals surface area contributed by atoms with Crippen LogP contribution in [0.1, 0.15) is 20.8 Å². The highest BCUT2D eigenvalue weighted by Crippen LogP contribution is 2.17. The molecule has 0 aliphatic carbocycles. The van der Waals surface area contributed by atoms with Crippen LogP contribution < -0.4 is 10.5 Å². The first kappa shape index (κ1) is 10.2. The molecule has 0 radical (unpaired) electrons. The Hall–Kier alpha value is -0.840. The number of nitrogens with two attached hydrogens (primary N) is 1. The standard InChI is InChI=1S/C8H12BrN3O/c1-8(2,3)13-7-11-5(9)4-6(10)12-7/h4H,1-3H3,(H2,10,11,12). The highest BCUT2D eigenvalue weighted by Gasteiger charge is 2.14. The molecule has 5 heteroatoms. The molecular weight excluding hydrogens is 234 g/mol. The summed E-state index contributed by atoms with van der Waals surface area (Å²) in [5, 5.41) is 0. The molecule has 0 spiro atoms. The molecule has 0 bridgehead atoms. The summed E-state index contributed by atoms with van der Waals surface area (Å²) in [5.41, 5.74) is 5.20. The second-order valence-corrected chi connectivity index (χ2v) is 4.43. The Morgan fingerprint density at radius 2 is 2.00 bits per heavy atom. The van der Waals surface area contributed by atoms with Gasteiger partial charge in [0.05, 0.1) is 0 Å². The lowest BCUT2D eigenvalue weighted by molar-refractivity contribution is 0.117. The van der Waals surface area contributed by atoms with E-state index >= 15 is 0 Å². The van der Waals surface area contributed by atoms with Crippen LogP contribution in [-0.4, -0.2) is 15.6 Å². The molecule has 0 atom stereocenters. The van der Waals surface area contributed by atoms with Gasteiger partial charge in [0.1, 0.15) is 16.0 Å². The zero-order chi connectivity index (χ0) is 10.1. The van der Waals surface area contributed by atoms with Gasteiger partial charge in [-0.1, -0.05) is 0 Å². The molecule has 1 aromatic rings. The number of nitrogen functional groups attached to an aromatic ring is 1. The highest BCUT2D eigenvalue weighted by molar-refractivity contribution is 9.10. The number of ether oxygens (including phenoxy) is 1. The minimum absolute atomic E-state index is 0.291. The van der Waals surface area contributed by atoms with Crippen LogP contribution in [0.25, 0.3) is 0 Å². The van der Waals surface area contributed by atoms with Gasteiger partial charge in [0, 0.05) is 6.07 Å². The number of hydrogen-bond donors (Lipinski definition) is 1. The number of halogens is 1. The smallest absolute Gasteiger partial charge is 0.319 e. The first-order chi connectivity index (χ1) is 5.87. The van der Waals surface area contributed by atoms with Crippen LogP contribution in [0.4, 0.5) is 5.82 Å². The van der Waals surface area contributed by atoms with E-state index in [-0.39, 0.29) is 5.60 Å². The summed E-state index contributed by atoms with van der Waals surface area (Å²) in [7, 11) is 0. The molecule has 13 heavy (non-hydrogen) atoms. The summed E-state index contributed by atoms with van der Waals surface area (Å²) in [6.45, 7) is 5.77. The molecule has 72 valence electrons. The number of anilines is 1. The Labute approximate surface area is 85.7 Å². The molecule has 1 heterocycles. The van der Waals surface area contributed by atoms with Gasteiger partial charge < -0.3 is 10.5 Å². The zero-order valence-electron chi connectivity index (χ0n) is 7.84. The molecule has 0 aliphatic rings. The van der Waals surface area contributed by atoms with Crippen LogP contribution in [0.15, 0.2) is 10.7 Å². The van der Waals surface area contributed by atoms with Crippen molar-refractivity contribution in [1.29, 1.82) is 0 Å². The van der Waals surface area contributed by atoms with Crippen LogP contribution in [0, 0.1) is 0 Å². The van der Waals surface area contributed by atoms with Crippen molar-refractivity contribution in [2.24, 2.45) is 0 Å². The maximum atomic E-state index is 5.52. The largest absolute Gasteiger partial charge is 0.458 e. The topological polar surface area (TPSA) is 61.0 Å². The highest BCUT2D eigenvalue weighted by atomic mass is 79.9. The molecule has 1 aromatic heterocycles. The molecule has 0 fully saturated rings. The van der Waals surface area contributed by atoms with E-state index in [0.717, 1.165) is 0 Å². The van der Waals surface area contributed by atoms with Gasteiger partial charge in [-0.15, -0.1) is 0 Å². The van der Waals surface area contributed by atoms with Crippen LogP contribution in [0.5, 0.6) is 6.01 Å². The fourth-order valence-electron chi connectivity index (χ4n) is 0.733. The molecule has 0 saturated carbocycles. The second kappa shape index (κ2) is 3.49. The maximum Gasteiger partial charge on any atom is 0.319 e. The van der Waals surface area contributed by atoms with Crippen molar-refractivity contribution < 1.29 is 4.74 Å². The summed E-state index contributed by atoms with van der Waals surface area (Å²) in [5.74, 6) is 0.390. The average Bonchev–Trinajstić information content (AvgIpc) is 1.78. The lowest BCUT2D eigenvalue weighted by Gasteiger charge is -2.19. The van der Waals surface area contributed by atoms with E-state index in [1.165, 1.54) is 0 Å². The molecule has 0 aliphatic heterocycles. The third-order valence-corrected chi connectivity index (χ3v) is 1.50. The number of hydrogen-bond acceptors (Lipinski definition) is 4. The first-order valence-electron chi connectivity index (χ1n) is 3.86. The monoisotopic (exact) mass is 245 g/mol. The van der Waals surface area contributed by atoms with Gasteiger partial charge in [-0.3, -0.25) is 0 Å². The van der Waals surface area contributed by atoms with Crippen molar-refractivity contribution in [2.75, 3.05) is 5.73 Å². The van der Waals surface area contributed by atoms with E-state index in [9.17, 15) is 0 Å². The van der Waals surface area contributed by atoms with Crippen LogP contribution in [0.3, 0.4) is 0 Å². The Morgan fingerprint density at radius 3 is 2.46 bits per heavy atom. The van der Waals surface area contributed by atoms with E-state index in [1.54, 1.807) is 6.07 Å². The van der Waals surface area contributed by atoms with Crippen molar-refractivity contribution in [3.63, 3.8) is 0 Å². The van der Waals surface area contributed by atoms with E-state index in [4.69, 9.17) is 10.5 Å². The Balaban J connectivity index is 2.90. The van der Waals surface area contributed by atoms with Gasteiger partial charge in [-0.05, 0) is 36.7 Å². The second-order valence-electron chi connectivity index (χ2n) is 3.61. The van der Waals surface area contributed by atoms with Crippen molar-refractivity contribution in [3.05, 3.63) is 10.7 Å². The fraction of sp³-hybridized carbons (Fsp3) is 0.500. The summed E-state index contributed by atoms with van der Waals surface area (Å²) in [6, 6.07) is 1.91. The molecule has 4 nitrogen and oxygen atoms in total. The minimum atomic E-state index is -0.312. The van der Waals surface area contributed by atoms with E-state index in [2.05, 4.69) is 25.9 Å². The van der Waals surface area contributed by atoms with Crippen molar-refractivity contribution in [1.82, 2.24) is 9.97 Å². The molecular formula is C8H12BrN3O. The summed E-state index contributed by atoms with van der Waals surface area (Å²) < 4.78 is 6.06. The van der Waals surface area contributed by atoms with Gasteiger partial charge in [-0.2, -0.15) is 9.97 Å². The van der Waals surface area contributed by atoms with Crippen molar-refractivity contribution in [2.45, 2.75) is 26.4 Å². The summed E-state index contributed by atoms with van der Waals surface area (Å²) in [6.07, 6.45) is 0. The van der Waals surface area contributed by atoms with E-state index in [1.807, 2.05) is 20.8 Å². The van der Waals surface area contributed by atoms with Crippen molar-refractivity contribution in [3.8, 4) is 6.01 Å².